The molecule has 1 fully saturated rings. The summed E-state index contributed by atoms with van der Waals surface area (Å²) in [7, 11) is 0. The van der Waals surface area contributed by atoms with Crippen LogP contribution in [0, 0.1) is 15.9 Å². The van der Waals surface area contributed by atoms with Crippen molar-refractivity contribution in [3.63, 3.8) is 0 Å². The van der Waals surface area contributed by atoms with E-state index in [-0.39, 0.29) is 0 Å². The molecule has 0 unspecified atom stereocenters. The minimum atomic E-state index is -0.780. The van der Waals surface area contributed by atoms with E-state index in [9.17, 15) is 14.5 Å². The first-order valence-corrected chi connectivity index (χ1v) is 6.08. The Morgan fingerprint density at radius 2 is 2.06 bits per heavy atom. The lowest BCUT2D eigenvalue weighted by atomic mass is 10.1. The molecule has 1 aromatic rings. The molecular formula is C12H16FN3O2. The minimum Gasteiger partial charge on any atom is -0.258 e. The lowest BCUT2D eigenvalue weighted by Crippen LogP contribution is -2.41. The summed E-state index contributed by atoms with van der Waals surface area (Å²) >= 11 is 0. The molecule has 0 bridgehead atoms. The molecule has 1 heterocycles. The monoisotopic (exact) mass is 253 g/mol. The van der Waals surface area contributed by atoms with E-state index in [0.717, 1.165) is 13.1 Å². The first kappa shape index (κ1) is 12.9. The third kappa shape index (κ3) is 3.24. The van der Waals surface area contributed by atoms with Gasteiger partial charge in [0.25, 0.3) is 0 Å². The zero-order valence-electron chi connectivity index (χ0n) is 10.1. The van der Waals surface area contributed by atoms with Gasteiger partial charge in [0.05, 0.1) is 4.92 Å². The quantitative estimate of drug-likeness (QED) is 0.660. The van der Waals surface area contributed by atoms with E-state index in [1.165, 1.54) is 31.4 Å². The second kappa shape index (κ2) is 5.88. The first-order chi connectivity index (χ1) is 8.66. The fourth-order valence-electron chi connectivity index (χ4n) is 2.06. The van der Waals surface area contributed by atoms with E-state index in [1.807, 2.05) is 0 Å². The fourth-order valence-corrected chi connectivity index (χ4v) is 2.06. The van der Waals surface area contributed by atoms with Crippen molar-refractivity contribution in [3.8, 4) is 0 Å². The van der Waals surface area contributed by atoms with Crippen LogP contribution in [0.15, 0.2) is 18.2 Å². The molecule has 0 spiro atoms. The zero-order valence-corrected chi connectivity index (χ0v) is 10.1. The Morgan fingerprint density at radius 1 is 1.33 bits per heavy atom. The van der Waals surface area contributed by atoms with Crippen molar-refractivity contribution < 1.29 is 9.31 Å². The molecule has 98 valence electrons. The summed E-state index contributed by atoms with van der Waals surface area (Å²) in [4.78, 5) is 9.77. The van der Waals surface area contributed by atoms with E-state index in [1.54, 1.807) is 6.07 Å². The predicted molar refractivity (Wildman–Crippen MR) is 65.3 cm³/mol. The van der Waals surface area contributed by atoms with Crippen LogP contribution in [-0.2, 0) is 6.54 Å². The van der Waals surface area contributed by atoms with Crippen LogP contribution in [-0.4, -0.2) is 23.0 Å². The highest BCUT2D eigenvalue weighted by atomic mass is 19.1. The van der Waals surface area contributed by atoms with Gasteiger partial charge in [-0.15, -0.1) is 0 Å². The van der Waals surface area contributed by atoms with E-state index in [2.05, 4.69) is 10.4 Å². The smallest absolute Gasteiger partial charge is 0.258 e. The summed E-state index contributed by atoms with van der Waals surface area (Å²) in [6.07, 6.45) is 3.59. The molecule has 1 saturated heterocycles. The van der Waals surface area contributed by atoms with Crippen LogP contribution in [0.4, 0.5) is 10.1 Å². The Labute approximate surface area is 105 Å². The minimum absolute atomic E-state index is 0.475. The zero-order chi connectivity index (χ0) is 13.0. The van der Waals surface area contributed by atoms with Gasteiger partial charge in [-0.3, -0.25) is 15.5 Å². The summed E-state index contributed by atoms with van der Waals surface area (Å²) in [6.45, 7) is 2.49. The molecule has 1 aliphatic heterocycles. The highest BCUT2D eigenvalue weighted by molar-refractivity contribution is 5.34. The van der Waals surface area contributed by atoms with Crippen LogP contribution in [0.2, 0.25) is 0 Å². The molecule has 6 heteroatoms. The number of rotatable bonds is 4. The first-order valence-electron chi connectivity index (χ1n) is 6.08. The summed E-state index contributed by atoms with van der Waals surface area (Å²) < 4.78 is 13.4. The predicted octanol–water partition coefficient (Wildman–Crippen LogP) is 2.22. The number of nitro benzene ring substituents is 1. The van der Waals surface area contributed by atoms with Crippen LogP contribution < -0.4 is 5.43 Å². The van der Waals surface area contributed by atoms with E-state index in [4.69, 9.17) is 0 Å². The molecule has 0 amide bonds. The summed E-state index contributed by atoms with van der Waals surface area (Å²) in [5.74, 6) is -0.780. The van der Waals surface area contributed by atoms with Crippen LogP contribution in [0.3, 0.4) is 0 Å². The second-order valence-corrected chi connectivity index (χ2v) is 4.43. The third-order valence-electron chi connectivity index (χ3n) is 3.07. The molecule has 0 radical (unpaired) electrons. The molecule has 1 aliphatic rings. The Morgan fingerprint density at radius 3 is 2.67 bits per heavy atom. The van der Waals surface area contributed by atoms with E-state index < -0.39 is 16.4 Å². The number of nitrogens with one attached hydrogen (secondary N) is 1. The van der Waals surface area contributed by atoms with Crippen LogP contribution >= 0.6 is 0 Å². The highest BCUT2D eigenvalue weighted by Gasteiger charge is 2.14. The van der Waals surface area contributed by atoms with Crippen molar-refractivity contribution in [2.45, 2.75) is 25.8 Å². The largest absolute Gasteiger partial charge is 0.304 e. The van der Waals surface area contributed by atoms with Crippen molar-refractivity contribution in [2.75, 3.05) is 13.1 Å². The second-order valence-electron chi connectivity index (χ2n) is 4.43. The van der Waals surface area contributed by atoms with Gasteiger partial charge < -0.3 is 0 Å². The average molecular weight is 253 g/mol. The molecule has 2 rings (SSSR count). The van der Waals surface area contributed by atoms with Crippen molar-refractivity contribution in [1.29, 1.82) is 0 Å². The molecule has 0 atom stereocenters. The average Bonchev–Trinajstić information content (AvgIpc) is 2.37. The maximum Gasteiger partial charge on any atom is 0.304 e. The number of piperidine rings is 1. The topological polar surface area (TPSA) is 58.4 Å². The molecular weight excluding hydrogens is 237 g/mol. The number of halogens is 1. The SMILES string of the molecule is O=[N+]([O-])c1ccc(CNN2CCCCC2)cc1F. The number of benzene rings is 1. The number of hydrogen-bond acceptors (Lipinski definition) is 4. The van der Waals surface area contributed by atoms with Gasteiger partial charge in [0.2, 0.25) is 5.82 Å². The maximum atomic E-state index is 13.4. The Balaban J connectivity index is 1.93. The van der Waals surface area contributed by atoms with Gasteiger partial charge in [-0.2, -0.15) is 4.39 Å². The van der Waals surface area contributed by atoms with Crippen LogP contribution in [0.1, 0.15) is 24.8 Å². The molecule has 0 aromatic heterocycles. The molecule has 5 nitrogen and oxygen atoms in total. The van der Waals surface area contributed by atoms with Gasteiger partial charge in [0.1, 0.15) is 0 Å². The van der Waals surface area contributed by atoms with Crippen LogP contribution in [0.5, 0.6) is 0 Å². The summed E-state index contributed by atoms with van der Waals surface area (Å²) in [6, 6.07) is 4.01. The highest BCUT2D eigenvalue weighted by Crippen LogP contribution is 2.18. The summed E-state index contributed by atoms with van der Waals surface area (Å²) in [5.41, 5.74) is 3.45. The van der Waals surface area contributed by atoms with Gasteiger partial charge >= 0.3 is 5.69 Å². The van der Waals surface area contributed by atoms with E-state index >= 15 is 0 Å². The number of hydrogen-bond donors (Lipinski definition) is 1. The van der Waals surface area contributed by atoms with Gasteiger partial charge in [0.15, 0.2) is 0 Å². The van der Waals surface area contributed by atoms with E-state index in [0.29, 0.717) is 12.1 Å². The standard InChI is InChI=1S/C12H16FN3O2/c13-11-8-10(4-5-12(11)16(17)18)9-14-15-6-2-1-3-7-15/h4-5,8,14H,1-3,6-7,9H2. The van der Waals surface area contributed by atoms with Gasteiger partial charge in [-0.05, 0) is 24.5 Å². The molecule has 0 saturated carbocycles. The van der Waals surface area contributed by atoms with Gasteiger partial charge in [-0.1, -0.05) is 12.5 Å². The molecule has 1 aromatic carbocycles. The van der Waals surface area contributed by atoms with Crippen LogP contribution in [0.25, 0.3) is 0 Å². The Kier molecular flexibility index (Phi) is 4.22. The number of hydrazine groups is 1. The molecule has 18 heavy (non-hydrogen) atoms. The number of nitrogens with zero attached hydrogens (tertiary/aromatic N) is 2. The van der Waals surface area contributed by atoms with Crippen molar-refractivity contribution >= 4 is 5.69 Å². The molecule has 0 aliphatic carbocycles. The Hall–Kier alpha value is -1.53. The number of nitro groups is 1. The molecule has 1 N–H and O–H groups in total. The normalized spacial score (nSPS) is 16.7. The Bertz CT molecular complexity index is 433. The third-order valence-corrected chi connectivity index (χ3v) is 3.07. The lowest BCUT2D eigenvalue weighted by Gasteiger charge is -2.27. The van der Waals surface area contributed by atoms with Gasteiger partial charge in [-0.25, -0.2) is 5.01 Å². The van der Waals surface area contributed by atoms with Crippen molar-refractivity contribution in [3.05, 3.63) is 39.7 Å². The lowest BCUT2D eigenvalue weighted by molar-refractivity contribution is -0.387. The van der Waals surface area contributed by atoms with Crippen molar-refractivity contribution in [1.82, 2.24) is 10.4 Å². The van der Waals surface area contributed by atoms with Crippen molar-refractivity contribution in [2.24, 2.45) is 0 Å². The summed E-state index contributed by atoms with van der Waals surface area (Å²) in [5, 5.41) is 12.6. The maximum absolute atomic E-state index is 13.4. The fraction of sp³-hybridized carbons (Fsp3) is 0.500. The van der Waals surface area contributed by atoms with Gasteiger partial charge in [0, 0.05) is 25.7 Å².